The smallest absolute Gasteiger partial charge is 0.268 e. The van der Waals surface area contributed by atoms with Gasteiger partial charge < -0.3 is 0 Å². The zero-order valence-corrected chi connectivity index (χ0v) is 17.0. The minimum absolute atomic E-state index is 0.0551. The SMILES string of the molecule is CCc1n[nH]c(=O)c(CNS(=O)(=O)c2c(C)nn(C(C)C)c2C)c1CC. The van der Waals surface area contributed by atoms with Crippen LogP contribution in [-0.4, -0.2) is 28.4 Å². The third-order valence-electron chi connectivity index (χ3n) is 4.42. The molecule has 0 saturated heterocycles. The van der Waals surface area contributed by atoms with Crippen molar-refractivity contribution in [3.05, 3.63) is 38.6 Å². The van der Waals surface area contributed by atoms with Crippen molar-refractivity contribution in [2.45, 2.75) is 71.9 Å². The van der Waals surface area contributed by atoms with E-state index in [2.05, 4.69) is 20.0 Å². The molecule has 0 atom stereocenters. The van der Waals surface area contributed by atoms with E-state index in [9.17, 15) is 13.2 Å². The molecule has 26 heavy (non-hydrogen) atoms. The van der Waals surface area contributed by atoms with Crippen molar-refractivity contribution in [1.29, 1.82) is 0 Å². The lowest BCUT2D eigenvalue weighted by atomic mass is 10.0. The lowest BCUT2D eigenvalue weighted by Crippen LogP contribution is -2.30. The first-order valence-corrected chi connectivity index (χ1v) is 10.3. The van der Waals surface area contributed by atoms with Gasteiger partial charge >= 0.3 is 0 Å². The normalized spacial score (nSPS) is 12.1. The summed E-state index contributed by atoms with van der Waals surface area (Å²) < 4.78 is 30.0. The fourth-order valence-corrected chi connectivity index (χ4v) is 4.63. The van der Waals surface area contributed by atoms with Gasteiger partial charge in [0, 0.05) is 18.2 Å². The van der Waals surface area contributed by atoms with Crippen molar-refractivity contribution < 1.29 is 8.42 Å². The maximum Gasteiger partial charge on any atom is 0.268 e. The molecule has 0 aliphatic heterocycles. The lowest BCUT2D eigenvalue weighted by Gasteiger charge is -2.12. The van der Waals surface area contributed by atoms with Crippen molar-refractivity contribution in [1.82, 2.24) is 24.7 Å². The number of aryl methyl sites for hydroxylation is 2. The van der Waals surface area contributed by atoms with Crippen LogP contribution in [0.1, 0.15) is 61.9 Å². The molecule has 0 fully saturated rings. The first-order valence-electron chi connectivity index (χ1n) is 8.78. The Labute approximate surface area is 154 Å². The van der Waals surface area contributed by atoms with E-state index in [1.807, 2.05) is 27.7 Å². The average Bonchev–Trinajstić information content (AvgIpc) is 2.88. The van der Waals surface area contributed by atoms with E-state index in [0.717, 1.165) is 11.3 Å². The Bertz CT molecular complexity index is 958. The molecule has 2 N–H and O–H groups in total. The van der Waals surface area contributed by atoms with Crippen LogP contribution >= 0.6 is 0 Å². The molecule has 0 aromatic carbocycles. The third-order valence-corrected chi connectivity index (χ3v) is 6.08. The Kier molecular flexibility index (Phi) is 6.02. The summed E-state index contributed by atoms with van der Waals surface area (Å²) in [5.41, 5.74) is 2.64. The van der Waals surface area contributed by atoms with Gasteiger partial charge in [-0.05, 0) is 46.1 Å². The lowest BCUT2D eigenvalue weighted by molar-refractivity contribution is 0.514. The molecular weight excluding hydrogens is 354 g/mol. The predicted octanol–water partition coefficient (Wildman–Crippen LogP) is 1.77. The number of rotatable bonds is 7. The molecule has 0 saturated carbocycles. The number of nitrogens with one attached hydrogen (secondary N) is 2. The summed E-state index contributed by atoms with van der Waals surface area (Å²) in [4.78, 5) is 12.4. The Morgan fingerprint density at radius 2 is 1.81 bits per heavy atom. The Balaban J connectivity index is 2.41. The van der Waals surface area contributed by atoms with Gasteiger partial charge in [0.15, 0.2) is 0 Å². The number of nitrogens with zero attached hydrogens (tertiary/aromatic N) is 3. The molecule has 8 nitrogen and oxygen atoms in total. The maximum absolute atomic E-state index is 12.9. The summed E-state index contributed by atoms with van der Waals surface area (Å²) in [7, 11) is -3.80. The first kappa shape index (κ1) is 20.3. The van der Waals surface area contributed by atoms with Crippen molar-refractivity contribution >= 4 is 10.0 Å². The number of sulfonamides is 1. The van der Waals surface area contributed by atoms with E-state index in [1.165, 1.54) is 0 Å². The summed E-state index contributed by atoms with van der Waals surface area (Å²) in [6.45, 7) is 11.1. The van der Waals surface area contributed by atoms with Crippen molar-refractivity contribution in [3.63, 3.8) is 0 Å². The number of aromatic amines is 1. The molecule has 2 aromatic heterocycles. The van der Waals surface area contributed by atoms with E-state index >= 15 is 0 Å². The number of hydrogen-bond acceptors (Lipinski definition) is 5. The highest BCUT2D eigenvalue weighted by atomic mass is 32.2. The molecular formula is C17H27N5O3S. The summed E-state index contributed by atoms with van der Waals surface area (Å²) in [5, 5.41) is 10.8. The third kappa shape index (κ3) is 3.73. The van der Waals surface area contributed by atoms with Crippen LogP contribution in [0.15, 0.2) is 9.69 Å². The van der Waals surface area contributed by atoms with Gasteiger partial charge in [0.2, 0.25) is 10.0 Å². The van der Waals surface area contributed by atoms with Crippen LogP contribution in [0.3, 0.4) is 0 Å². The molecule has 0 bridgehead atoms. The van der Waals surface area contributed by atoms with Crippen molar-refractivity contribution in [3.8, 4) is 0 Å². The predicted molar refractivity (Wildman–Crippen MR) is 99.7 cm³/mol. The Morgan fingerprint density at radius 1 is 1.15 bits per heavy atom. The monoisotopic (exact) mass is 381 g/mol. The highest BCUT2D eigenvalue weighted by molar-refractivity contribution is 7.89. The van der Waals surface area contributed by atoms with Gasteiger partial charge in [-0.1, -0.05) is 13.8 Å². The molecule has 0 radical (unpaired) electrons. The number of hydrogen-bond donors (Lipinski definition) is 2. The summed E-state index contributed by atoms with van der Waals surface area (Å²) >= 11 is 0. The molecule has 0 unspecified atom stereocenters. The van der Waals surface area contributed by atoms with E-state index in [1.54, 1.807) is 18.5 Å². The van der Waals surface area contributed by atoms with Crippen molar-refractivity contribution in [2.24, 2.45) is 0 Å². The molecule has 2 aromatic rings. The molecule has 144 valence electrons. The standard InChI is InChI=1S/C17H27N5O3S/c1-7-13-14(17(23)20-19-15(13)8-2)9-18-26(24,25)16-11(5)21-22(10(3)4)12(16)6/h10,18H,7-9H2,1-6H3,(H,20,23). The largest absolute Gasteiger partial charge is 0.268 e. The van der Waals surface area contributed by atoms with Gasteiger partial charge in [-0.25, -0.2) is 18.2 Å². The highest BCUT2D eigenvalue weighted by Crippen LogP contribution is 2.22. The summed E-state index contributed by atoms with van der Waals surface area (Å²) in [5.74, 6) is 0. The summed E-state index contributed by atoms with van der Waals surface area (Å²) in [6, 6.07) is 0.0551. The second-order valence-electron chi connectivity index (χ2n) is 6.53. The average molecular weight is 382 g/mol. The summed E-state index contributed by atoms with van der Waals surface area (Å²) in [6.07, 6.45) is 1.28. The molecule has 0 aliphatic rings. The van der Waals surface area contributed by atoms with Gasteiger partial charge in [-0.3, -0.25) is 9.48 Å². The van der Waals surface area contributed by atoms with Crippen LogP contribution in [0.5, 0.6) is 0 Å². The Morgan fingerprint density at radius 3 is 2.31 bits per heavy atom. The van der Waals surface area contributed by atoms with E-state index in [4.69, 9.17) is 0 Å². The highest BCUT2D eigenvalue weighted by Gasteiger charge is 2.26. The molecule has 2 heterocycles. The zero-order valence-electron chi connectivity index (χ0n) is 16.2. The molecule has 9 heteroatoms. The van der Waals surface area contributed by atoms with Gasteiger partial charge in [0.25, 0.3) is 5.56 Å². The minimum atomic E-state index is -3.80. The minimum Gasteiger partial charge on any atom is -0.268 e. The zero-order chi connectivity index (χ0) is 19.6. The van der Waals surface area contributed by atoms with Gasteiger partial charge in [-0.2, -0.15) is 10.2 Å². The van der Waals surface area contributed by atoms with Crippen LogP contribution in [-0.2, 0) is 29.4 Å². The molecule has 0 aliphatic carbocycles. The van der Waals surface area contributed by atoms with E-state index in [-0.39, 0.29) is 23.0 Å². The van der Waals surface area contributed by atoms with E-state index in [0.29, 0.717) is 29.8 Å². The molecule has 0 amide bonds. The fraction of sp³-hybridized carbons (Fsp3) is 0.588. The van der Waals surface area contributed by atoms with Crippen LogP contribution in [0.4, 0.5) is 0 Å². The quantitative estimate of drug-likeness (QED) is 0.759. The van der Waals surface area contributed by atoms with Crippen LogP contribution in [0, 0.1) is 13.8 Å². The maximum atomic E-state index is 12.9. The van der Waals surface area contributed by atoms with Gasteiger partial charge in [0.1, 0.15) is 4.90 Å². The molecule has 0 spiro atoms. The van der Waals surface area contributed by atoms with Crippen molar-refractivity contribution in [2.75, 3.05) is 0 Å². The fourth-order valence-electron chi connectivity index (χ4n) is 3.24. The van der Waals surface area contributed by atoms with E-state index < -0.39 is 10.0 Å². The van der Waals surface area contributed by atoms with Crippen LogP contribution in [0.2, 0.25) is 0 Å². The number of aromatic nitrogens is 4. The van der Waals surface area contributed by atoms with Crippen LogP contribution in [0.25, 0.3) is 0 Å². The second kappa shape index (κ2) is 7.71. The second-order valence-corrected chi connectivity index (χ2v) is 8.23. The van der Waals surface area contributed by atoms with Gasteiger partial charge in [-0.15, -0.1) is 0 Å². The Hall–Kier alpha value is -2.00. The first-order chi connectivity index (χ1) is 12.1. The molecule has 2 rings (SSSR count). The number of H-pyrrole nitrogens is 1. The van der Waals surface area contributed by atoms with Crippen LogP contribution < -0.4 is 10.3 Å². The topological polar surface area (TPSA) is 110 Å². The van der Waals surface area contributed by atoms with Gasteiger partial charge in [0.05, 0.1) is 17.1 Å².